The Morgan fingerprint density at radius 1 is 1.54 bits per heavy atom. The fourth-order valence-corrected chi connectivity index (χ4v) is 2.37. The molecule has 0 saturated carbocycles. The maximum absolute atomic E-state index is 10.7. The van der Waals surface area contributed by atoms with Crippen molar-refractivity contribution < 1.29 is 9.90 Å². The van der Waals surface area contributed by atoms with Gasteiger partial charge in [-0.3, -0.25) is 4.90 Å². The minimum atomic E-state index is -0.830. The molecule has 0 unspecified atom stereocenters. The van der Waals surface area contributed by atoms with Crippen molar-refractivity contribution in [2.45, 2.75) is 12.8 Å². The van der Waals surface area contributed by atoms with E-state index < -0.39 is 6.09 Å². The van der Waals surface area contributed by atoms with E-state index in [9.17, 15) is 4.79 Å². The van der Waals surface area contributed by atoms with Gasteiger partial charge < -0.3 is 5.11 Å². The summed E-state index contributed by atoms with van der Waals surface area (Å²) in [5.74, 6) is 0. The van der Waals surface area contributed by atoms with E-state index in [1.165, 1.54) is 20.5 Å². The Kier molecular flexibility index (Phi) is 2.15. The van der Waals surface area contributed by atoms with E-state index in [-0.39, 0.29) is 0 Å². The maximum atomic E-state index is 10.7. The normalized spacial score (nSPS) is 21.6. The van der Waals surface area contributed by atoms with Gasteiger partial charge in [-0.1, -0.05) is 22.0 Å². The second-order valence-corrected chi connectivity index (χ2v) is 4.25. The lowest BCUT2D eigenvalue weighted by Gasteiger charge is -2.09. The molecule has 2 rings (SSSR count). The standard InChI is InChI=1S/C9H10BrNO2/c10-8-3-1-2-6-4-11(9(12)13)5-7(6)8/h2H,1,3-5H2,(H,12,13). The Hall–Kier alpha value is -0.770. The van der Waals surface area contributed by atoms with Gasteiger partial charge in [-0.15, -0.1) is 0 Å². The van der Waals surface area contributed by atoms with Gasteiger partial charge in [-0.05, 0) is 24.0 Å². The van der Waals surface area contributed by atoms with Crippen LogP contribution in [0.4, 0.5) is 4.79 Å². The first-order valence-electron chi connectivity index (χ1n) is 4.23. The minimum absolute atomic E-state index is 0.543. The van der Waals surface area contributed by atoms with E-state index in [1.807, 2.05) is 0 Å². The molecule has 1 N–H and O–H groups in total. The lowest BCUT2D eigenvalue weighted by molar-refractivity contribution is 0.158. The Morgan fingerprint density at radius 3 is 2.92 bits per heavy atom. The van der Waals surface area contributed by atoms with Gasteiger partial charge in [0, 0.05) is 11.0 Å². The van der Waals surface area contributed by atoms with Crippen molar-refractivity contribution in [3.8, 4) is 0 Å². The van der Waals surface area contributed by atoms with Crippen LogP contribution >= 0.6 is 15.9 Å². The molecule has 0 atom stereocenters. The van der Waals surface area contributed by atoms with Crippen LogP contribution in [0.1, 0.15) is 12.8 Å². The van der Waals surface area contributed by atoms with Crippen molar-refractivity contribution in [3.63, 3.8) is 0 Å². The first kappa shape index (κ1) is 8.81. The summed E-state index contributed by atoms with van der Waals surface area (Å²) in [6.45, 7) is 1.10. The molecular formula is C9H10BrNO2. The third-order valence-corrected chi connectivity index (χ3v) is 3.33. The van der Waals surface area contributed by atoms with Crippen molar-refractivity contribution in [1.82, 2.24) is 4.90 Å². The Morgan fingerprint density at radius 2 is 2.31 bits per heavy atom. The highest BCUT2D eigenvalue weighted by atomic mass is 79.9. The molecule has 1 saturated heterocycles. The van der Waals surface area contributed by atoms with E-state index in [2.05, 4.69) is 22.0 Å². The highest BCUT2D eigenvalue weighted by Gasteiger charge is 2.28. The van der Waals surface area contributed by atoms with Crippen molar-refractivity contribution in [2.24, 2.45) is 0 Å². The summed E-state index contributed by atoms with van der Waals surface area (Å²) < 4.78 is 1.17. The zero-order valence-corrected chi connectivity index (χ0v) is 8.67. The fourth-order valence-electron chi connectivity index (χ4n) is 1.76. The summed E-state index contributed by atoms with van der Waals surface area (Å²) >= 11 is 3.49. The molecule has 1 aliphatic heterocycles. The number of fused-ring (bicyclic) bond motifs is 1. The van der Waals surface area contributed by atoms with Crippen LogP contribution in [0.25, 0.3) is 0 Å². The second kappa shape index (κ2) is 3.18. The molecule has 0 bridgehead atoms. The molecule has 0 aromatic rings. The molecule has 13 heavy (non-hydrogen) atoms. The summed E-state index contributed by atoms with van der Waals surface area (Å²) in [5, 5.41) is 8.81. The van der Waals surface area contributed by atoms with Gasteiger partial charge in [-0.25, -0.2) is 4.79 Å². The van der Waals surface area contributed by atoms with Gasteiger partial charge in [0.05, 0.1) is 6.54 Å². The molecule has 3 nitrogen and oxygen atoms in total. The molecular weight excluding hydrogens is 234 g/mol. The Bertz CT molecular complexity index is 320. The van der Waals surface area contributed by atoms with Crippen molar-refractivity contribution in [3.05, 3.63) is 21.7 Å². The quantitative estimate of drug-likeness (QED) is 0.710. The van der Waals surface area contributed by atoms with Gasteiger partial charge in [0.2, 0.25) is 0 Å². The molecule has 0 spiro atoms. The summed E-state index contributed by atoms with van der Waals surface area (Å²) in [6, 6.07) is 0. The lowest BCUT2D eigenvalue weighted by Crippen LogP contribution is -2.25. The van der Waals surface area contributed by atoms with Gasteiger partial charge in [0.1, 0.15) is 0 Å². The largest absolute Gasteiger partial charge is 0.465 e. The van der Waals surface area contributed by atoms with E-state index in [0.29, 0.717) is 13.1 Å². The molecule has 2 aliphatic rings. The van der Waals surface area contributed by atoms with Crippen LogP contribution < -0.4 is 0 Å². The predicted molar refractivity (Wildman–Crippen MR) is 52.9 cm³/mol. The fraction of sp³-hybridized carbons (Fsp3) is 0.444. The smallest absolute Gasteiger partial charge is 0.407 e. The van der Waals surface area contributed by atoms with E-state index in [0.717, 1.165) is 12.8 Å². The highest BCUT2D eigenvalue weighted by Crippen LogP contribution is 2.34. The van der Waals surface area contributed by atoms with Crippen LogP contribution in [-0.2, 0) is 0 Å². The first-order chi connectivity index (χ1) is 6.18. The molecule has 4 heteroatoms. The number of halogens is 1. The second-order valence-electron chi connectivity index (χ2n) is 3.29. The van der Waals surface area contributed by atoms with Crippen LogP contribution in [0.15, 0.2) is 21.7 Å². The van der Waals surface area contributed by atoms with E-state index >= 15 is 0 Å². The molecule has 1 amide bonds. The van der Waals surface area contributed by atoms with Crippen molar-refractivity contribution >= 4 is 22.0 Å². The number of nitrogens with zero attached hydrogens (tertiary/aromatic N) is 1. The van der Waals surface area contributed by atoms with E-state index in [1.54, 1.807) is 0 Å². The average molecular weight is 244 g/mol. The number of likely N-dealkylation sites (tertiary alicyclic amines) is 1. The van der Waals surface area contributed by atoms with Gasteiger partial charge in [-0.2, -0.15) is 0 Å². The Labute approximate surface area is 84.9 Å². The summed E-state index contributed by atoms with van der Waals surface area (Å²) in [6.07, 6.45) is 3.34. The molecule has 0 aromatic heterocycles. The first-order valence-corrected chi connectivity index (χ1v) is 5.02. The van der Waals surface area contributed by atoms with E-state index in [4.69, 9.17) is 5.11 Å². The minimum Gasteiger partial charge on any atom is -0.465 e. The topological polar surface area (TPSA) is 40.5 Å². The van der Waals surface area contributed by atoms with Gasteiger partial charge in [0.25, 0.3) is 0 Å². The number of hydrogen-bond donors (Lipinski definition) is 1. The summed E-state index contributed by atoms with van der Waals surface area (Å²) in [4.78, 5) is 12.2. The Balaban J connectivity index is 2.27. The van der Waals surface area contributed by atoms with Crippen LogP contribution in [0.5, 0.6) is 0 Å². The molecule has 70 valence electrons. The SMILES string of the molecule is O=C(O)N1CC2=CCCC(Br)=C2C1. The third kappa shape index (κ3) is 1.50. The van der Waals surface area contributed by atoms with Crippen molar-refractivity contribution in [1.29, 1.82) is 0 Å². The maximum Gasteiger partial charge on any atom is 0.407 e. The zero-order valence-electron chi connectivity index (χ0n) is 7.09. The lowest BCUT2D eigenvalue weighted by atomic mass is 10.0. The molecule has 0 aromatic carbocycles. The number of allylic oxidation sites excluding steroid dienone is 2. The molecule has 0 radical (unpaired) electrons. The number of carbonyl (C=O) groups is 1. The van der Waals surface area contributed by atoms with Gasteiger partial charge >= 0.3 is 6.09 Å². The summed E-state index contributed by atoms with van der Waals surface area (Å²) in [7, 11) is 0. The van der Waals surface area contributed by atoms with Crippen molar-refractivity contribution in [2.75, 3.05) is 13.1 Å². The third-order valence-electron chi connectivity index (χ3n) is 2.45. The van der Waals surface area contributed by atoms with Crippen LogP contribution in [0.2, 0.25) is 0 Å². The number of hydrogen-bond acceptors (Lipinski definition) is 1. The number of carboxylic acid groups (broad SMARTS) is 1. The average Bonchev–Trinajstić information content (AvgIpc) is 2.49. The summed E-state index contributed by atoms with van der Waals surface area (Å²) in [5.41, 5.74) is 2.36. The molecule has 1 aliphatic carbocycles. The highest BCUT2D eigenvalue weighted by molar-refractivity contribution is 9.11. The zero-order chi connectivity index (χ0) is 9.42. The number of rotatable bonds is 0. The van der Waals surface area contributed by atoms with Crippen LogP contribution in [-0.4, -0.2) is 29.2 Å². The van der Waals surface area contributed by atoms with Crippen LogP contribution in [0.3, 0.4) is 0 Å². The van der Waals surface area contributed by atoms with Crippen LogP contribution in [0, 0.1) is 0 Å². The van der Waals surface area contributed by atoms with Gasteiger partial charge in [0.15, 0.2) is 0 Å². The monoisotopic (exact) mass is 243 g/mol. The molecule has 1 heterocycles. The predicted octanol–water partition coefficient (Wildman–Crippen LogP) is 2.35. The number of amides is 1. The molecule has 1 fully saturated rings.